The zero-order chi connectivity index (χ0) is 20.2. The van der Waals surface area contributed by atoms with Crippen molar-refractivity contribution < 1.29 is 14.3 Å². The summed E-state index contributed by atoms with van der Waals surface area (Å²) in [6.45, 7) is 8.27. The Balaban J connectivity index is 1.39. The number of nitrogens with zero attached hydrogens (tertiary/aromatic N) is 3. The number of rotatable bonds is 6. The summed E-state index contributed by atoms with van der Waals surface area (Å²) in [6, 6.07) is 7.77. The van der Waals surface area contributed by atoms with E-state index in [0.29, 0.717) is 17.9 Å². The van der Waals surface area contributed by atoms with E-state index in [1.165, 1.54) is 0 Å². The van der Waals surface area contributed by atoms with Gasteiger partial charge in [-0.25, -0.2) is 4.98 Å². The van der Waals surface area contributed by atoms with E-state index in [9.17, 15) is 4.79 Å². The molecule has 2 aromatic rings. The van der Waals surface area contributed by atoms with Crippen molar-refractivity contribution in [2.75, 3.05) is 26.2 Å². The first-order valence-electron chi connectivity index (χ1n) is 10.4. The van der Waals surface area contributed by atoms with Crippen molar-refractivity contribution in [3.05, 3.63) is 46.4 Å². The zero-order valence-electron chi connectivity index (χ0n) is 17.1. The van der Waals surface area contributed by atoms with Crippen molar-refractivity contribution >= 4 is 17.2 Å². The van der Waals surface area contributed by atoms with Crippen molar-refractivity contribution in [3.63, 3.8) is 0 Å². The minimum atomic E-state index is 0.0981. The Kier molecular flexibility index (Phi) is 6.47. The monoisotopic (exact) mass is 415 g/mol. The van der Waals surface area contributed by atoms with Crippen LogP contribution in [0.3, 0.4) is 0 Å². The largest absolute Gasteiger partial charge is 0.487 e. The second-order valence-corrected chi connectivity index (χ2v) is 8.79. The van der Waals surface area contributed by atoms with Gasteiger partial charge in [0.25, 0.3) is 5.91 Å². The highest BCUT2D eigenvalue weighted by molar-refractivity contribution is 7.07. The van der Waals surface area contributed by atoms with Gasteiger partial charge in [0, 0.05) is 43.2 Å². The van der Waals surface area contributed by atoms with Gasteiger partial charge in [0.15, 0.2) is 0 Å². The zero-order valence-corrected chi connectivity index (χ0v) is 17.9. The third-order valence-corrected chi connectivity index (χ3v) is 6.19. The first-order valence-corrected chi connectivity index (χ1v) is 11.3. The average Bonchev–Trinajstić information content (AvgIpc) is 3.37. The molecule has 3 unspecified atom stereocenters. The molecule has 2 saturated heterocycles. The first-order chi connectivity index (χ1) is 14.1. The van der Waals surface area contributed by atoms with Gasteiger partial charge >= 0.3 is 0 Å². The Morgan fingerprint density at radius 2 is 2.14 bits per heavy atom. The first kappa shape index (κ1) is 20.3. The van der Waals surface area contributed by atoms with E-state index in [-0.39, 0.29) is 24.2 Å². The van der Waals surface area contributed by atoms with Crippen LogP contribution in [0.5, 0.6) is 5.75 Å². The molecule has 2 fully saturated rings. The van der Waals surface area contributed by atoms with Crippen molar-refractivity contribution in [1.82, 2.24) is 14.8 Å². The summed E-state index contributed by atoms with van der Waals surface area (Å²) in [5.74, 6) is 0.802. The van der Waals surface area contributed by atoms with Crippen LogP contribution in [-0.4, -0.2) is 65.1 Å². The highest BCUT2D eigenvalue weighted by Gasteiger charge is 2.33. The second-order valence-electron chi connectivity index (χ2n) is 8.07. The molecule has 0 saturated carbocycles. The highest BCUT2D eigenvalue weighted by atomic mass is 32.1. The summed E-state index contributed by atoms with van der Waals surface area (Å²) in [7, 11) is 0. The highest BCUT2D eigenvalue weighted by Crippen LogP contribution is 2.24. The molecule has 7 heteroatoms. The third kappa shape index (κ3) is 5.15. The minimum Gasteiger partial charge on any atom is -0.487 e. The number of hydrogen-bond donors (Lipinski definition) is 0. The van der Waals surface area contributed by atoms with Gasteiger partial charge in [-0.15, -0.1) is 11.3 Å². The van der Waals surface area contributed by atoms with Crippen molar-refractivity contribution in [3.8, 4) is 5.75 Å². The molecule has 2 aliphatic rings. The molecular formula is C22H29N3O3S. The molecule has 2 aliphatic heterocycles. The summed E-state index contributed by atoms with van der Waals surface area (Å²) in [6.07, 6.45) is 2.62. The van der Waals surface area contributed by atoms with Gasteiger partial charge in [0.2, 0.25) is 0 Å². The van der Waals surface area contributed by atoms with E-state index < -0.39 is 0 Å². The molecule has 3 atom stereocenters. The fourth-order valence-electron chi connectivity index (χ4n) is 4.38. The molecule has 4 rings (SSSR count). The summed E-state index contributed by atoms with van der Waals surface area (Å²) in [5, 5.41) is 1.97. The second kappa shape index (κ2) is 9.24. The summed E-state index contributed by atoms with van der Waals surface area (Å²) in [4.78, 5) is 22.0. The maximum absolute atomic E-state index is 13.2. The summed E-state index contributed by atoms with van der Waals surface area (Å²) >= 11 is 1.55. The number of carbonyl (C=O) groups excluding carboxylic acids is 1. The number of likely N-dealkylation sites (tertiary alicyclic amines) is 1. The van der Waals surface area contributed by atoms with Crippen LogP contribution in [-0.2, 0) is 11.3 Å². The van der Waals surface area contributed by atoms with Crippen LogP contribution in [0.1, 0.15) is 42.7 Å². The predicted octanol–water partition coefficient (Wildman–Crippen LogP) is 3.44. The van der Waals surface area contributed by atoms with E-state index in [4.69, 9.17) is 9.47 Å². The molecule has 0 radical (unpaired) electrons. The molecule has 1 aromatic carbocycles. The Morgan fingerprint density at radius 1 is 1.31 bits per heavy atom. The van der Waals surface area contributed by atoms with Crippen molar-refractivity contribution in [2.24, 2.45) is 0 Å². The van der Waals surface area contributed by atoms with E-state index in [1.54, 1.807) is 16.8 Å². The van der Waals surface area contributed by atoms with E-state index >= 15 is 0 Å². The molecule has 0 aliphatic carbocycles. The Bertz CT molecular complexity index is 803. The van der Waals surface area contributed by atoms with Crippen LogP contribution < -0.4 is 4.74 Å². The fourth-order valence-corrected chi connectivity index (χ4v) is 4.92. The quantitative estimate of drug-likeness (QED) is 0.723. The number of aromatic nitrogens is 1. The topological polar surface area (TPSA) is 54.9 Å². The van der Waals surface area contributed by atoms with Gasteiger partial charge in [-0.05, 0) is 44.9 Å². The van der Waals surface area contributed by atoms with Gasteiger partial charge in [-0.3, -0.25) is 9.69 Å². The lowest BCUT2D eigenvalue weighted by molar-refractivity contribution is -0.0715. The van der Waals surface area contributed by atoms with Crippen LogP contribution in [0.4, 0.5) is 0 Å². The number of ether oxygens (including phenoxy) is 2. The van der Waals surface area contributed by atoms with Gasteiger partial charge < -0.3 is 14.4 Å². The lowest BCUT2D eigenvalue weighted by Crippen LogP contribution is -2.50. The lowest BCUT2D eigenvalue weighted by Gasteiger charge is -2.38. The molecule has 1 amide bonds. The number of carbonyl (C=O) groups is 1. The molecule has 0 N–H and O–H groups in total. The summed E-state index contributed by atoms with van der Waals surface area (Å²) < 4.78 is 11.7. The van der Waals surface area contributed by atoms with Gasteiger partial charge in [0.05, 0.1) is 23.4 Å². The Hall–Kier alpha value is -1.96. The Morgan fingerprint density at radius 3 is 2.90 bits per heavy atom. The van der Waals surface area contributed by atoms with Crippen LogP contribution >= 0.6 is 11.3 Å². The maximum Gasteiger partial charge on any atom is 0.254 e. The van der Waals surface area contributed by atoms with Crippen LogP contribution in [0.2, 0.25) is 0 Å². The van der Waals surface area contributed by atoms with Crippen molar-refractivity contribution in [2.45, 2.75) is 51.5 Å². The predicted molar refractivity (Wildman–Crippen MR) is 113 cm³/mol. The number of benzene rings is 1. The molecule has 29 heavy (non-hydrogen) atoms. The number of thiazole rings is 1. The number of amides is 1. The average molecular weight is 416 g/mol. The molecule has 6 nitrogen and oxygen atoms in total. The van der Waals surface area contributed by atoms with E-state index in [0.717, 1.165) is 44.7 Å². The SMILES string of the molecule is CC1CN(CC2CCCN2C(=O)c2cccc(OCc3cscn3)c2)CC(C)O1. The minimum absolute atomic E-state index is 0.0981. The number of hydrogen-bond acceptors (Lipinski definition) is 6. The Labute approximate surface area is 176 Å². The smallest absolute Gasteiger partial charge is 0.254 e. The van der Waals surface area contributed by atoms with Gasteiger partial charge in [0.1, 0.15) is 12.4 Å². The van der Waals surface area contributed by atoms with Crippen LogP contribution in [0.25, 0.3) is 0 Å². The standard InChI is InChI=1S/C22H29N3O3S/c1-16-10-24(11-17(2)28-16)12-20-6-4-8-25(20)22(26)18-5-3-7-21(9-18)27-13-19-14-29-15-23-19/h3,5,7,9,14-17,20H,4,6,8,10-13H2,1-2H3. The van der Waals surface area contributed by atoms with E-state index in [1.807, 2.05) is 34.5 Å². The van der Waals surface area contributed by atoms with Gasteiger partial charge in [-0.2, -0.15) is 0 Å². The van der Waals surface area contributed by atoms with Crippen LogP contribution in [0, 0.1) is 0 Å². The molecule has 3 heterocycles. The third-order valence-electron chi connectivity index (χ3n) is 5.55. The molecule has 156 valence electrons. The molecular weight excluding hydrogens is 386 g/mol. The normalized spacial score (nSPS) is 25.3. The van der Waals surface area contributed by atoms with Gasteiger partial charge in [-0.1, -0.05) is 6.07 Å². The summed E-state index contributed by atoms with van der Waals surface area (Å²) in [5.41, 5.74) is 3.39. The lowest BCUT2D eigenvalue weighted by atomic mass is 10.1. The molecule has 1 aromatic heterocycles. The molecule has 0 spiro atoms. The van der Waals surface area contributed by atoms with Crippen LogP contribution in [0.15, 0.2) is 35.2 Å². The molecule has 0 bridgehead atoms. The number of morpholine rings is 1. The fraction of sp³-hybridized carbons (Fsp3) is 0.545. The van der Waals surface area contributed by atoms with E-state index in [2.05, 4.69) is 23.7 Å². The maximum atomic E-state index is 13.2. The van der Waals surface area contributed by atoms with Crippen molar-refractivity contribution in [1.29, 1.82) is 0 Å².